The third kappa shape index (κ3) is 5.38. The number of rotatable bonds is 6. The van der Waals surface area contributed by atoms with Crippen LogP contribution in [-0.4, -0.2) is 35.9 Å². The molecular formula is C16H20ClN7OS. The van der Waals surface area contributed by atoms with Gasteiger partial charge in [0.25, 0.3) is 5.91 Å². The largest absolute Gasteiger partial charge is 0.327 e. The minimum atomic E-state index is -0.464. The average Bonchev–Trinajstić information content (AvgIpc) is 2.65. The number of hydrogen-bond acceptors (Lipinski definition) is 6. The Balaban J connectivity index is 2.07. The number of amides is 1. The zero-order chi connectivity index (χ0) is 18.9. The van der Waals surface area contributed by atoms with E-state index in [2.05, 4.69) is 27.5 Å². The Hall–Kier alpha value is -2.23. The maximum absolute atomic E-state index is 12.6. The first-order valence-corrected chi connectivity index (χ1v) is 9.23. The Labute approximate surface area is 161 Å². The fraction of sp³-hybridized carbons (Fsp3) is 0.312. The predicted molar refractivity (Wildman–Crippen MR) is 106 cm³/mol. The van der Waals surface area contributed by atoms with Crippen LogP contribution in [0.1, 0.15) is 19.3 Å². The van der Waals surface area contributed by atoms with Crippen molar-refractivity contribution >= 4 is 47.7 Å². The van der Waals surface area contributed by atoms with E-state index in [0.29, 0.717) is 23.7 Å². The molecule has 0 spiro atoms. The van der Waals surface area contributed by atoms with E-state index in [4.69, 9.17) is 22.1 Å². The lowest BCUT2D eigenvalue weighted by molar-refractivity contribution is -0.129. The molecule has 8 nitrogen and oxygen atoms in total. The second-order valence-electron chi connectivity index (χ2n) is 5.51. The molecule has 4 N–H and O–H groups in total. The Kier molecular flexibility index (Phi) is 7.76. The minimum Gasteiger partial charge on any atom is -0.327 e. The molecule has 1 heterocycles. The van der Waals surface area contributed by atoms with E-state index >= 15 is 0 Å². The normalized spacial score (nSPS) is 18.0. The average molecular weight is 394 g/mol. The molecule has 1 aromatic rings. The summed E-state index contributed by atoms with van der Waals surface area (Å²) in [4.78, 5) is 17.9. The molecule has 138 valence electrons. The maximum atomic E-state index is 12.6. The monoisotopic (exact) mass is 393 g/mol. The molecule has 1 aliphatic heterocycles. The first-order chi connectivity index (χ1) is 12.6. The summed E-state index contributed by atoms with van der Waals surface area (Å²) in [6, 6.07) is 6.53. The number of nitrogens with one attached hydrogen (secondary N) is 2. The number of aliphatic imine (C=N–C) groups is 1. The fourth-order valence-corrected chi connectivity index (χ4v) is 3.08. The van der Waals surface area contributed by atoms with E-state index in [0.717, 1.165) is 24.8 Å². The number of carbonyl (C=O) groups is 1. The summed E-state index contributed by atoms with van der Waals surface area (Å²) >= 11 is 6.79. The van der Waals surface area contributed by atoms with Crippen molar-refractivity contribution in [1.29, 1.82) is 5.41 Å². The first kappa shape index (κ1) is 20.1. The molecule has 1 atom stereocenters. The number of benzene rings is 1. The van der Waals surface area contributed by atoms with Crippen molar-refractivity contribution < 1.29 is 4.79 Å². The zero-order valence-corrected chi connectivity index (χ0v) is 15.6. The molecule has 26 heavy (non-hydrogen) atoms. The summed E-state index contributed by atoms with van der Waals surface area (Å²) in [6.45, 7) is 3.92. The number of hydrogen-bond donors (Lipinski definition) is 3. The van der Waals surface area contributed by atoms with Crippen LogP contribution >= 0.6 is 23.5 Å². The number of anilines is 1. The van der Waals surface area contributed by atoms with Crippen LogP contribution in [-0.2, 0) is 4.79 Å². The van der Waals surface area contributed by atoms with Crippen LogP contribution in [0.15, 0.2) is 50.7 Å². The number of piperidine rings is 1. The number of carbonyl (C=O) groups excluding carboxylic acids is 1. The molecule has 0 radical (unpaired) electrons. The summed E-state index contributed by atoms with van der Waals surface area (Å²) in [5, 5.41) is 23.3. The van der Waals surface area contributed by atoms with Gasteiger partial charge in [0.15, 0.2) is 5.84 Å². The lowest BCUT2D eigenvalue weighted by atomic mass is 10.0. The molecule has 1 saturated heterocycles. The van der Waals surface area contributed by atoms with Gasteiger partial charge in [0.05, 0.1) is 11.7 Å². The van der Waals surface area contributed by atoms with Crippen molar-refractivity contribution in [3.63, 3.8) is 0 Å². The quantitative estimate of drug-likeness (QED) is 0.171. The van der Waals surface area contributed by atoms with Gasteiger partial charge in [-0.3, -0.25) is 25.8 Å². The number of nitrogens with two attached hydrogens (primary N) is 1. The lowest BCUT2D eigenvalue weighted by Crippen LogP contribution is -2.47. The molecular weight excluding hydrogens is 374 g/mol. The molecule has 0 saturated carbocycles. The maximum Gasteiger partial charge on any atom is 0.273 e. The van der Waals surface area contributed by atoms with Gasteiger partial charge in [0.2, 0.25) is 0 Å². The summed E-state index contributed by atoms with van der Waals surface area (Å²) in [5.74, 6) is -0.318. The molecule has 1 unspecified atom stereocenters. The standard InChI is InChI=1S/C16H20ClN7OS/c1-20-13(10-26-19)16(25)24-8-3-2-7-14(24)15(18)22-23-21-12-6-4-5-11(17)9-12/h4-6,9-10,14H,1-3,7-8,19H2,(H2,18,21,22)/b13-10-. The molecule has 0 aliphatic carbocycles. The van der Waals surface area contributed by atoms with Crippen LogP contribution in [0.2, 0.25) is 5.02 Å². The van der Waals surface area contributed by atoms with E-state index < -0.39 is 6.04 Å². The Morgan fingerprint density at radius 3 is 3.00 bits per heavy atom. The van der Waals surface area contributed by atoms with Gasteiger partial charge in [0, 0.05) is 17.0 Å². The third-order valence-corrected chi connectivity index (χ3v) is 4.40. The van der Waals surface area contributed by atoms with Crippen LogP contribution in [0, 0.1) is 5.41 Å². The Morgan fingerprint density at radius 1 is 1.50 bits per heavy atom. The van der Waals surface area contributed by atoms with Gasteiger partial charge in [0.1, 0.15) is 5.70 Å². The van der Waals surface area contributed by atoms with Gasteiger partial charge < -0.3 is 4.90 Å². The lowest BCUT2D eigenvalue weighted by Gasteiger charge is -2.34. The summed E-state index contributed by atoms with van der Waals surface area (Å²) in [5.41, 5.74) is 3.54. The minimum absolute atomic E-state index is 0.00334. The molecule has 0 aromatic heterocycles. The summed E-state index contributed by atoms with van der Waals surface area (Å²) < 4.78 is 0. The highest BCUT2D eigenvalue weighted by molar-refractivity contribution is 8.00. The highest BCUT2D eigenvalue weighted by atomic mass is 35.5. The van der Waals surface area contributed by atoms with Gasteiger partial charge in [-0.1, -0.05) is 34.8 Å². The van der Waals surface area contributed by atoms with Gasteiger partial charge in [-0.15, -0.1) is 5.11 Å². The number of amidine groups is 1. The van der Waals surface area contributed by atoms with Crippen molar-refractivity contribution in [2.45, 2.75) is 25.3 Å². The fourth-order valence-electron chi connectivity index (χ4n) is 2.59. The topological polar surface area (TPSA) is 119 Å². The van der Waals surface area contributed by atoms with Crippen LogP contribution in [0.3, 0.4) is 0 Å². The second kappa shape index (κ2) is 10.0. The smallest absolute Gasteiger partial charge is 0.273 e. The molecule has 1 fully saturated rings. The van der Waals surface area contributed by atoms with Crippen LogP contribution in [0.4, 0.5) is 5.69 Å². The van der Waals surface area contributed by atoms with Crippen LogP contribution in [0.5, 0.6) is 0 Å². The van der Waals surface area contributed by atoms with Crippen molar-refractivity contribution in [2.75, 3.05) is 12.0 Å². The van der Waals surface area contributed by atoms with Crippen LogP contribution < -0.4 is 10.6 Å². The SMILES string of the molecule is C=N/C(=C\SN)C(=O)N1CCCCC1C(=N)/N=N\Nc1cccc(Cl)c1. The van der Waals surface area contributed by atoms with Gasteiger partial charge in [-0.05, 0) is 44.2 Å². The van der Waals surface area contributed by atoms with Crippen LogP contribution in [0.25, 0.3) is 0 Å². The molecule has 1 aromatic carbocycles. The van der Waals surface area contributed by atoms with Crippen molar-refractivity contribution in [3.05, 3.63) is 40.4 Å². The molecule has 0 bridgehead atoms. The van der Waals surface area contributed by atoms with E-state index in [1.807, 2.05) is 0 Å². The molecule has 10 heteroatoms. The van der Waals surface area contributed by atoms with Crippen molar-refractivity contribution in [1.82, 2.24) is 4.90 Å². The van der Waals surface area contributed by atoms with E-state index in [9.17, 15) is 4.79 Å². The highest BCUT2D eigenvalue weighted by Gasteiger charge is 2.31. The predicted octanol–water partition coefficient (Wildman–Crippen LogP) is 3.63. The van der Waals surface area contributed by atoms with E-state index in [1.165, 1.54) is 5.41 Å². The Morgan fingerprint density at radius 2 is 2.31 bits per heavy atom. The van der Waals surface area contributed by atoms with Gasteiger partial charge in [-0.2, -0.15) is 0 Å². The number of nitrogens with zero attached hydrogens (tertiary/aromatic N) is 4. The number of likely N-dealkylation sites (tertiary alicyclic amines) is 1. The second-order valence-corrected chi connectivity index (χ2v) is 6.46. The molecule has 1 amide bonds. The van der Waals surface area contributed by atoms with Crippen molar-refractivity contribution in [2.24, 2.45) is 20.5 Å². The van der Waals surface area contributed by atoms with Gasteiger partial charge in [-0.25, -0.2) is 0 Å². The Bertz CT molecular complexity index is 737. The third-order valence-electron chi connectivity index (χ3n) is 3.81. The molecule has 1 aliphatic rings. The first-order valence-electron chi connectivity index (χ1n) is 7.91. The van der Waals surface area contributed by atoms with Crippen molar-refractivity contribution in [3.8, 4) is 0 Å². The van der Waals surface area contributed by atoms with E-state index in [1.54, 1.807) is 29.2 Å². The highest BCUT2D eigenvalue weighted by Crippen LogP contribution is 2.22. The number of halogens is 1. The zero-order valence-electron chi connectivity index (χ0n) is 14.1. The van der Waals surface area contributed by atoms with Gasteiger partial charge >= 0.3 is 0 Å². The van der Waals surface area contributed by atoms with E-state index in [-0.39, 0.29) is 17.4 Å². The summed E-state index contributed by atoms with van der Waals surface area (Å²) in [6.07, 6.45) is 2.40. The summed E-state index contributed by atoms with van der Waals surface area (Å²) in [7, 11) is 0. The molecule has 2 rings (SSSR count).